The second-order valence-electron chi connectivity index (χ2n) is 5.22. The van der Waals surface area contributed by atoms with E-state index in [-0.39, 0.29) is 6.10 Å². The first kappa shape index (κ1) is 14.7. The Morgan fingerprint density at radius 1 is 1.26 bits per heavy atom. The van der Waals surface area contributed by atoms with Crippen LogP contribution in [0.3, 0.4) is 0 Å². The third-order valence-electron chi connectivity index (χ3n) is 3.40. The number of halogens is 1. The number of nitrogens with one attached hydrogen (secondary N) is 1. The molecule has 0 atom stereocenters. The van der Waals surface area contributed by atoms with Gasteiger partial charge in [-0.3, -0.25) is 0 Å². The average molecular weight is 328 g/mol. The third kappa shape index (κ3) is 3.63. The Bertz CT molecular complexity index is 428. The summed E-state index contributed by atoms with van der Waals surface area (Å²) in [5, 5.41) is 3.40. The molecule has 0 amide bonds. The van der Waals surface area contributed by atoms with Crippen molar-refractivity contribution in [2.45, 2.75) is 38.7 Å². The molecule has 1 saturated heterocycles. The largest absolute Gasteiger partial charge is 0.493 e. The van der Waals surface area contributed by atoms with E-state index in [4.69, 9.17) is 9.47 Å². The SMILES string of the molecule is COc1cc(Br)cc(C2CCNCC2)c1OC(C)C. The van der Waals surface area contributed by atoms with Crippen molar-refractivity contribution < 1.29 is 9.47 Å². The molecule has 1 aromatic carbocycles. The number of ether oxygens (including phenoxy) is 2. The molecule has 0 aromatic heterocycles. The smallest absolute Gasteiger partial charge is 0.165 e. The molecule has 4 heteroatoms. The van der Waals surface area contributed by atoms with Crippen LogP contribution in [0, 0.1) is 0 Å². The highest BCUT2D eigenvalue weighted by Gasteiger charge is 2.23. The molecule has 106 valence electrons. The Labute approximate surface area is 123 Å². The molecule has 0 saturated carbocycles. The van der Waals surface area contributed by atoms with Gasteiger partial charge in [-0.25, -0.2) is 0 Å². The van der Waals surface area contributed by atoms with Crippen molar-refractivity contribution >= 4 is 15.9 Å². The summed E-state index contributed by atoms with van der Waals surface area (Å²) in [6.07, 6.45) is 2.44. The van der Waals surface area contributed by atoms with Gasteiger partial charge in [-0.2, -0.15) is 0 Å². The van der Waals surface area contributed by atoms with E-state index in [0.717, 1.165) is 41.9 Å². The fourth-order valence-corrected chi connectivity index (χ4v) is 2.99. The summed E-state index contributed by atoms with van der Waals surface area (Å²) in [5.41, 5.74) is 1.27. The molecule has 19 heavy (non-hydrogen) atoms. The predicted octanol–water partition coefficient (Wildman–Crippen LogP) is 3.71. The highest BCUT2D eigenvalue weighted by Crippen LogP contribution is 2.41. The molecule has 1 N–H and O–H groups in total. The molecule has 1 heterocycles. The number of hydrogen-bond donors (Lipinski definition) is 1. The number of benzene rings is 1. The van der Waals surface area contributed by atoms with E-state index in [0.29, 0.717) is 5.92 Å². The van der Waals surface area contributed by atoms with E-state index in [1.165, 1.54) is 5.56 Å². The summed E-state index contributed by atoms with van der Waals surface area (Å²) in [6, 6.07) is 4.15. The van der Waals surface area contributed by atoms with E-state index in [9.17, 15) is 0 Å². The van der Waals surface area contributed by atoms with Crippen LogP contribution in [0.25, 0.3) is 0 Å². The summed E-state index contributed by atoms with van der Waals surface area (Å²) in [6.45, 7) is 6.24. The lowest BCUT2D eigenvalue weighted by Gasteiger charge is -2.27. The number of rotatable bonds is 4. The van der Waals surface area contributed by atoms with Crippen LogP contribution >= 0.6 is 15.9 Å². The van der Waals surface area contributed by atoms with Gasteiger partial charge >= 0.3 is 0 Å². The van der Waals surface area contributed by atoms with Crippen LogP contribution < -0.4 is 14.8 Å². The van der Waals surface area contributed by atoms with Crippen LogP contribution in [-0.2, 0) is 0 Å². The van der Waals surface area contributed by atoms with E-state index in [1.54, 1.807) is 7.11 Å². The Balaban J connectivity index is 2.40. The first-order chi connectivity index (χ1) is 9.11. The van der Waals surface area contributed by atoms with Crippen molar-refractivity contribution in [2.24, 2.45) is 0 Å². The summed E-state index contributed by atoms with van der Waals surface area (Å²) >= 11 is 3.57. The fraction of sp³-hybridized carbons (Fsp3) is 0.600. The van der Waals surface area contributed by atoms with Gasteiger partial charge in [0.25, 0.3) is 0 Å². The van der Waals surface area contributed by atoms with Crippen molar-refractivity contribution in [1.29, 1.82) is 0 Å². The maximum atomic E-state index is 6.01. The second kappa shape index (κ2) is 6.62. The van der Waals surface area contributed by atoms with Gasteiger partial charge in [-0.15, -0.1) is 0 Å². The van der Waals surface area contributed by atoms with Gasteiger partial charge in [0.1, 0.15) is 0 Å². The molecule has 0 bridgehead atoms. The van der Waals surface area contributed by atoms with Crippen molar-refractivity contribution in [3.8, 4) is 11.5 Å². The zero-order valence-corrected chi connectivity index (χ0v) is 13.4. The minimum absolute atomic E-state index is 0.149. The van der Waals surface area contributed by atoms with Gasteiger partial charge < -0.3 is 14.8 Å². The first-order valence-electron chi connectivity index (χ1n) is 6.86. The molecule has 1 fully saturated rings. The maximum absolute atomic E-state index is 6.01. The van der Waals surface area contributed by atoms with Gasteiger partial charge in [-0.05, 0) is 57.8 Å². The average Bonchev–Trinajstić information content (AvgIpc) is 2.40. The minimum Gasteiger partial charge on any atom is -0.493 e. The summed E-state index contributed by atoms with van der Waals surface area (Å²) in [4.78, 5) is 0. The van der Waals surface area contributed by atoms with Crippen LogP contribution in [0.5, 0.6) is 11.5 Å². The van der Waals surface area contributed by atoms with Crippen molar-refractivity contribution in [1.82, 2.24) is 5.32 Å². The molecule has 0 spiro atoms. The fourth-order valence-electron chi connectivity index (χ4n) is 2.54. The van der Waals surface area contributed by atoms with Crippen LogP contribution in [-0.4, -0.2) is 26.3 Å². The lowest BCUT2D eigenvalue weighted by atomic mass is 9.89. The van der Waals surface area contributed by atoms with E-state index in [2.05, 4.69) is 27.3 Å². The summed E-state index contributed by atoms with van der Waals surface area (Å²) in [7, 11) is 1.70. The minimum atomic E-state index is 0.149. The van der Waals surface area contributed by atoms with Crippen molar-refractivity contribution in [3.63, 3.8) is 0 Å². The predicted molar refractivity (Wildman–Crippen MR) is 81.3 cm³/mol. The van der Waals surface area contributed by atoms with Crippen LogP contribution in [0.1, 0.15) is 38.2 Å². The van der Waals surface area contributed by atoms with E-state index in [1.807, 2.05) is 19.9 Å². The van der Waals surface area contributed by atoms with Crippen molar-refractivity contribution in [2.75, 3.05) is 20.2 Å². The number of methoxy groups -OCH3 is 1. The van der Waals surface area contributed by atoms with E-state index < -0.39 is 0 Å². The molecular formula is C15H22BrNO2. The lowest BCUT2D eigenvalue weighted by Crippen LogP contribution is -2.27. The zero-order valence-electron chi connectivity index (χ0n) is 11.8. The molecule has 1 aliphatic rings. The first-order valence-corrected chi connectivity index (χ1v) is 7.66. The maximum Gasteiger partial charge on any atom is 0.165 e. The van der Waals surface area contributed by atoms with Gasteiger partial charge in [0.05, 0.1) is 13.2 Å². The lowest BCUT2D eigenvalue weighted by molar-refractivity contribution is 0.225. The molecule has 1 aromatic rings. The van der Waals surface area contributed by atoms with Crippen LogP contribution in [0.4, 0.5) is 0 Å². The Morgan fingerprint density at radius 2 is 1.95 bits per heavy atom. The van der Waals surface area contributed by atoms with Crippen LogP contribution in [0.15, 0.2) is 16.6 Å². The quantitative estimate of drug-likeness (QED) is 0.914. The Morgan fingerprint density at radius 3 is 2.53 bits per heavy atom. The Kier molecular flexibility index (Phi) is 5.11. The highest BCUT2D eigenvalue weighted by molar-refractivity contribution is 9.10. The highest BCUT2D eigenvalue weighted by atomic mass is 79.9. The second-order valence-corrected chi connectivity index (χ2v) is 6.13. The molecule has 0 aliphatic carbocycles. The normalized spacial score (nSPS) is 16.7. The zero-order chi connectivity index (χ0) is 13.8. The molecule has 2 rings (SSSR count). The number of hydrogen-bond acceptors (Lipinski definition) is 3. The molecule has 3 nitrogen and oxygen atoms in total. The number of piperidine rings is 1. The van der Waals surface area contributed by atoms with Gasteiger partial charge in [-0.1, -0.05) is 15.9 Å². The monoisotopic (exact) mass is 327 g/mol. The third-order valence-corrected chi connectivity index (χ3v) is 3.86. The van der Waals surface area contributed by atoms with Crippen LogP contribution in [0.2, 0.25) is 0 Å². The molecule has 0 unspecified atom stereocenters. The summed E-state index contributed by atoms with van der Waals surface area (Å²) in [5.74, 6) is 2.27. The van der Waals surface area contributed by atoms with E-state index >= 15 is 0 Å². The Hall–Kier alpha value is -0.740. The van der Waals surface area contributed by atoms with Gasteiger partial charge in [0.15, 0.2) is 11.5 Å². The van der Waals surface area contributed by atoms with Gasteiger partial charge in [0, 0.05) is 10.0 Å². The molecular weight excluding hydrogens is 306 g/mol. The topological polar surface area (TPSA) is 30.5 Å². The molecule has 1 aliphatic heterocycles. The summed E-state index contributed by atoms with van der Waals surface area (Å²) < 4.78 is 12.5. The standard InChI is InChI=1S/C15H22BrNO2/c1-10(2)19-15-13(11-4-6-17-7-5-11)8-12(16)9-14(15)18-3/h8-11,17H,4-7H2,1-3H3. The van der Waals surface area contributed by atoms with Crippen molar-refractivity contribution in [3.05, 3.63) is 22.2 Å². The molecule has 0 radical (unpaired) electrons. The van der Waals surface area contributed by atoms with Gasteiger partial charge in [0.2, 0.25) is 0 Å².